The molecule has 3 heterocycles. The molecule has 124 valence electrons. The van der Waals surface area contributed by atoms with Crippen molar-refractivity contribution in [2.75, 3.05) is 18.0 Å². The highest BCUT2D eigenvalue weighted by Crippen LogP contribution is 2.28. The summed E-state index contributed by atoms with van der Waals surface area (Å²) in [5, 5.41) is 12.5. The van der Waals surface area contributed by atoms with Gasteiger partial charge in [-0.15, -0.1) is 0 Å². The second-order valence-electron chi connectivity index (χ2n) is 5.99. The highest BCUT2D eigenvalue weighted by Gasteiger charge is 2.26. The number of nitrogens with zero attached hydrogens (tertiary/aromatic N) is 3. The standard InChI is InChI=1S/C16H16N4O4/c21-14-3-4-20(15(22)17-14)11-2-1-10-7-12-9-18(16(23)24)5-6-19(12)13(10)8-11/h1-2,7-8H,3-6,9H2,(H,23,24)(H,17,21,22). The van der Waals surface area contributed by atoms with Gasteiger partial charge in [-0.3, -0.25) is 15.0 Å². The molecule has 0 atom stereocenters. The highest BCUT2D eigenvalue weighted by molar-refractivity contribution is 6.06. The van der Waals surface area contributed by atoms with E-state index in [9.17, 15) is 14.4 Å². The van der Waals surface area contributed by atoms with Crippen molar-refractivity contribution in [1.82, 2.24) is 14.8 Å². The summed E-state index contributed by atoms with van der Waals surface area (Å²) in [6.45, 7) is 1.74. The van der Waals surface area contributed by atoms with Gasteiger partial charge in [-0.2, -0.15) is 0 Å². The Balaban J connectivity index is 1.70. The lowest BCUT2D eigenvalue weighted by atomic mass is 10.2. The van der Waals surface area contributed by atoms with Crippen molar-refractivity contribution < 1.29 is 19.5 Å². The molecule has 0 saturated carbocycles. The normalized spacial score (nSPS) is 17.8. The van der Waals surface area contributed by atoms with Crippen LogP contribution in [0, 0.1) is 0 Å². The third-order valence-corrected chi connectivity index (χ3v) is 4.56. The Morgan fingerprint density at radius 1 is 1.12 bits per heavy atom. The molecule has 1 aromatic heterocycles. The number of rotatable bonds is 1. The molecule has 8 nitrogen and oxygen atoms in total. The third-order valence-electron chi connectivity index (χ3n) is 4.56. The van der Waals surface area contributed by atoms with Crippen LogP contribution in [0.5, 0.6) is 0 Å². The van der Waals surface area contributed by atoms with E-state index in [1.807, 2.05) is 24.3 Å². The molecule has 0 bridgehead atoms. The number of urea groups is 1. The zero-order valence-electron chi connectivity index (χ0n) is 12.9. The number of imide groups is 1. The average molecular weight is 328 g/mol. The number of carbonyl (C=O) groups excluding carboxylic acids is 2. The molecule has 1 fully saturated rings. The molecule has 0 unspecified atom stereocenters. The van der Waals surface area contributed by atoms with Gasteiger partial charge >= 0.3 is 12.1 Å². The number of aromatic nitrogens is 1. The largest absolute Gasteiger partial charge is 0.465 e. The van der Waals surface area contributed by atoms with Crippen molar-refractivity contribution in [3.8, 4) is 0 Å². The van der Waals surface area contributed by atoms with E-state index in [1.54, 1.807) is 4.90 Å². The minimum atomic E-state index is -0.915. The van der Waals surface area contributed by atoms with Crippen molar-refractivity contribution in [2.24, 2.45) is 0 Å². The van der Waals surface area contributed by atoms with E-state index in [0.717, 1.165) is 22.3 Å². The fourth-order valence-electron chi connectivity index (χ4n) is 3.33. The summed E-state index contributed by atoms with van der Waals surface area (Å²) in [6.07, 6.45) is -0.634. The molecule has 8 heteroatoms. The van der Waals surface area contributed by atoms with Crippen molar-refractivity contribution in [3.05, 3.63) is 30.0 Å². The van der Waals surface area contributed by atoms with Gasteiger partial charge in [0.25, 0.3) is 0 Å². The Kier molecular flexibility index (Phi) is 3.19. The summed E-state index contributed by atoms with van der Waals surface area (Å²) in [5.74, 6) is -0.258. The van der Waals surface area contributed by atoms with Crippen LogP contribution in [0.3, 0.4) is 0 Å². The average Bonchev–Trinajstić information content (AvgIpc) is 2.91. The van der Waals surface area contributed by atoms with Gasteiger partial charge in [-0.05, 0) is 18.2 Å². The van der Waals surface area contributed by atoms with Gasteiger partial charge < -0.3 is 14.6 Å². The molecule has 2 aliphatic heterocycles. The number of hydrogen-bond acceptors (Lipinski definition) is 3. The van der Waals surface area contributed by atoms with E-state index in [2.05, 4.69) is 9.88 Å². The smallest absolute Gasteiger partial charge is 0.407 e. The zero-order chi connectivity index (χ0) is 16.8. The topological polar surface area (TPSA) is 94.9 Å². The fourth-order valence-corrected chi connectivity index (χ4v) is 3.33. The number of nitrogens with one attached hydrogen (secondary N) is 1. The Bertz CT molecular complexity index is 872. The molecule has 4 amide bonds. The van der Waals surface area contributed by atoms with Crippen LogP contribution in [0.15, 0.2) is 24.3 Å². The molecule has 1 saturated heterocycles. The summed E-state index contributed by atoms with van der Waals surface area (Å²) < 4.78 is 2.09. The maximum absolute atomic E-state index is 12.0. The summed E-state index contributed by atoms with van der Waals surface area (Å²) in [6, 6.07) is 7.26. The molecule has 0 spiro atoms. The number of carbonyl (C=O) groups is 3. The number of carboxylic acid groups (broad SMARTS) is 1. The highest BCUT2D eigenvalue weighted by atomic mass is 16.4. The first kappa shape index (κ1) is 14.6. The van der Waals surface area contributed by atoms with Gasteiger partial charge in [0.1, 0.15) is 0 Å². The van der Waals surface area contributed by atoms with E-state index in [0.29, 0.717) is 26.2 Å². The molecule has 0 aliphatic carbocycles. The quantitative estimate of drug-likeness (QED) is 0.831. The maximum atomic E-state index is 12.0. The maximum Gasteiger partial charge on any atom is 0.407 e. The minimum absolute atomic E-state index is 0.258. The molecule has 2 N–H and O–H groups in total. The second-order valence-corrected chi connectivity index (χ2v) is 5.99. The van der Waals surface area contributed by atoms with Gasteiger partial charge in [0.15, 0.2) is 0 Å². The van der Waals surface area contributed by atoms with Gasteiger partial charge in [0, 0.05) is 42.8 Å². The number of fused-ring (bicyclic) bond motifs is 3. The number of benzene rings is 1. The van der Waals surface area contributed by atoms with E-state index in [1.165, 1.54) is 4.90 Å². The molecule has 24 heavy (non-hydrogen) atoms. The number of amides is 4. The van der Waals surface area contributed by atoms with Crippen molar-refractivity contribution in [1.29, 1.82) is 0 Å². The van der Waals surface area contributed by atoms with Crippen LogP contribution >= 0.6 is 0 Å². The molecule has 4 rings (SSSR count). The van der Waals surface area contributed by atoms with Crippen molar-refractivity contribution >= 4 is 34.6 Å². The summed E-state index contributed by atoms with van der Waals surface area (Å²) >= 11 is 0. The number of hydrogen-bond donors (Lipinski definition) is 2. The summed E-state index contributed by atoms with van der Waals surface area (Å²) in [5.41, 5.74) is 2.64. The van der Waals surface area contributed by atoms with Crippen LogP contribution in [0.2, 0.25) is 0 Å². The number of anilines is 1. The van der Waals surface area contributed by atoms with Crippen LogP contribution in [0.25, 0.3) is 10.9 Å². The fraction of sp³-hybridized carbons (Fsp3) is 0.312. The Labute approximate surface area is 137 Å². The first-order valence-electron chi connectivity index (χ1n) is 7.74. The van der Waals surface area contributed by atoms with E-state index in [4.69, 9.17) is 5.11 Å². The molecule has 2 aliphatic rings. The zero-order valence-corrected chi connectivity index (χ0v) is 12.9. The van der Waals surface area contributed by atoms with E-state index in [-0.39, 0.29) is 12.3 Å². The SMILES string of the molecule is O=C1CCN(c2ccc3cc4n(c3c2)CCN(C(=O)O)C4)C(=O)N1. The Morgan fingerprint density at radius 2 is 1.96 bits per heavy atom. The third kappa shape index (κ3) is 2.27. The van der Waals surface area contributed by atoms with Crippen LogP contribution in [-0.2, 0) is 17.9 Å². The lowest BCUT2D eigenvalue weighted by Crippen LogP contribution is -2.49. The van der Waals surface area contributed by atoms with Crippen molar-refractivity contribution in [3.63, 3.8) is 0 Å². The van der Waals surface area contributed by atoms with Crippen LogP contribution < -0.4 is 10.2 Å². The summed E-state index contributed by atoms with van der Waals surface area (Å²) in [4.78, 5) is 37.4. The van der Waals surface area contributed by atoms with Crippen LogP contribution in [-0.4, -0.2) is 45.7 Å². The molecule has 2 aromatic rings. The van der Waals surface area contributed by atoms with Crippen LogP contribution in [0.4, 0.5) is 15.3 Å². The predicted molar refractivity (Wildman–Crippen MR) is 85.9 cm³/mol. The van der Waals surface area contributed by atoms with E-state index >= 15 is 0 Å². The molecule has 1 aromatic carbocycles. The van der Waals surface area contributed by atoms with Gasteiger partial charge in [-0.1, -0.05) is 6.07 Å². The van der Waals surface area contributed by atoms with Crippen molar-refractivity contribution in [2.45, 2.75) is 19.5 Å². The van der Waals surface area contributed by atoms with Crippen LogP contribution in [0.1, 0.15) is 12.1 Å². The minimum Gasteiger partial charge on any atom is -0.465 e. The lowest BCUT2D eigenvalue weighted by molar-refractivity contribution is -0.120. The van der Waals surface area contributed by atoms with E-state index < -0.39 is 12.1 Å². The summed E-state index contributed by atoms with van der Waals surface area (Å²) in [7, 11) is 0. The molecule has 0 radical (unpaired) electrons. The molecular formula is C16H16N4O4. The Morgan fingerprint density at radius 3 is 2.71 bits per heavy atom. The second kappa shape index (κ2) is 5.26. The monoisotopic (exact) mass is 328 g/mol. The van der Waals surface area contributed by atoms with Gasteiger partial charge in [0.2, 0.25) is 5.91 Å². The Hall–Kier alpha value is -3.03. The van der Waals surface area contributed by atoms with Gasteiger partial charge in [-0.25, -0.2) is 9.59 Å². The predicted octanol–water partition coefficient (Wildman–Crippen LogP) is 1.58. The van der Waals surface area contributed by atoms with Gasteiger partial charge in [0.05, 0.1) is 12.1 Å². The molecular weight excluding hydrogens is 312 g/mol. The first-order chi connectivity index (χ1) is 11.5. The first-order valence-corrected chi connectivity index (χ1v) is 7.74. The lowest BCUT2D eigenvalue weighted by Gasteiger charge is -2.28.